The number of hydrogen-bond donors (Lipinski definition) is 0. The van der Waals surface area contributed by atoms with Crippen LogP contribution < -0.4 is 0 Å². The molecule has 174 valence electrons. The minimum Gasteiger partial charge on any atom is -0.463 e. The van der Waals surface area contributed by atoms with Crippen molar-refractivity contribution < 1.29 is 23.7 Å². The molecule has 5 heteroatoms. The quantitative estimate of drug-likeness (QED) is 0.563. The van der Waals surface area contributed by atoms with Crippen LogP contribution in [0.15, 0.2) is 30.3 Å². The molecule has 32 heavy (non-hydrogen) atoms. The van der Waals surface area contributed by atoms with Gasteiger partial charge in [-0.1, -0.05) is 51.1 Å². The minimum absolute atomic E-state index is 0.0352. The smallest absolute Gasteiger partial charge is 0.308 e. The number of hydrogen-bond acceptors (Lipinski definition) is 5. The van der Waals surface area contributed by atoms with Crippen molar-refractivity contribution in [2.75, 3.05) is 13.2 Å². The molecule has 2 aliphatic carbocycles. The molecule has 2 saturated carbocycles. The largest absolute Gasteiger partial charge is 0.463 e. The second-order valence-electron chi connectivity index (χ2n) is 11.7. The summed E-state index contributed by atoms with van der Waals surface area (Å²) in [6.07, 6.45) is 6.72. The van der Waals surface area contributed by atoms with E-state index in [1.165, 1.54) is 6.42 Å². The van der Waals surface area contributed by atoms with E-state index in [1.807, 2.05) is 18.2 Å². The number of rotatable bonds is 1. The molecule has 5 nitrogen and oxygen atoms in total. The number of carbonyl (C=O) groups excluding carboxylic acids is 1. The van der Waals surface area contributed by atoms with Crippen molar-refractivity contribution in [1.29, 1.82) is 0 Å². The lowest BCUT2D eigenvalue weighted by atomic mass is 9.43. The maximum atomic E-state index is 12.0. The molecule has 8 atom stereocenters. The molecule has 0 amide bonds. The van der Waals surface area contributed by atoms with Crippen LogP contribution >= 0.6 is 0 Å². The third-order valence-electron chi connectivity index (χ3n) is 10.1. The summed E-state index contributed by atoms with van der Waals surface area (Å²) in [6.45, 7) is 8.36. The van der Waals surface area contributed by atoms with Crippen molar-refractivity contribution >= 4 is 5.97 Å². The topological polar surface area (TPSA) is 54.0 Å². The lowest BCUT2D eigenvalue weighted by Gasteiger charge is -2.66. The molecule has 0 unspecified atom stereocenters. The van der Waals surface area contributed by atoms with Crippen molar-refractivity contribution in [1.82, 2.24) is 0 Å². The Kier molecular flexibility index (Phi) is 4.65. The van der Waals surface area contributed by atoms with Crippen LogP contribution in [0.3, 0.4) is 0 Å². The van der Waals surface area contributed by atoms with Gasteiger partial charge in [0, 0.05) is 16.4 Å². The van der Waals surface area contributed by atoms with Crippen LogP contribution in [0.2, 0.25) is 0 Å². The molecule has 0 bridgehead atoms. The summed E-state index contributed by atoms with van der Waals surface area (Å²) >= 11 is 0. The Hall–Kier alpha value is -1.43. The van der Waals surface area contributed by atoms with Crippen LogP contribution in [-0.4, -0.2) is 36.5 Å². The molecule has 0 radical (unpaired) electrons. The highest BCUT2D eigenvalue weighted by atomic mass is 16.7. The van der Waals surface area contributed by atoms with Gasteiger partial charge in [0.1, 0.15) is 12.2 Å². The van der Waals surface area contributed by atoms with Gasteiger partial charge >= 0.3 is 5.97 Å². The summed E-state index contributed by atoms with van der Waals surface area (Å²) in [5, 5.41) is 0. The van der Waals surface area contributed by atoms with Crippen LogP contribution in [0.5, 0.6) is 0 Å². The van der Waals surface area contributed by atoms with E-state index < -0.39 is 5.60 Å². The molecule has 3 heterocycles. The number of esters is 1. The van der Waals surface area contributed by atoms with Crippen molar-refractivity contribution in [3.8, 4) is 0 Å². The van der Waals surface area contributed by atoms with Crippen molar-refractivity contribution in [2.45, 2.75) is 89.3 Å². The fraction of sp³-hybridized carbons (Fsp3) is 0.741. The zero-order valence-corrected chi connectivity index (χ0v) is 19.6. The van der Waals surface area contributed by atoms with E-state index in [0.29, 0.717) is 31.5 Å². The highest BCUT2D eigenvalue weighted by molar-refractivity contribution is 5.73. The Morgan fingerprint density at radius 2 is 1.78 bits per heavy atom. The van der Waals surface area contributed by atoms with Crippen LogP contribution in [-0.2, 0) is 23.7 Å². The van der Waals surface area contributed by atoms with E-state index >= 15 is 0 Å². The Labute approximate surface area is 191 Å². The van der Waals surface area contributed by atoms with E-state index in [9.17, 15) is 4.79 Å². The van der Waals surface area contributed by atoms with Gasteiger partial charge in [0.25, 0.3) is 0 Å². The first-order valence-corrected chi connectivity index (χ1v) is 12.5. The van der Waals surface area contributed by atoms with Gasteiger partial charge in [-0.2, -0.15) is 0 Å². The number of cyclic esters (lactones) is 1. The molecule has 5 fully saturated rings. The molecule has 3 aliphatic heterocycles. The summed E-state index contributed by atoms with van der Waals surface area (Å²) in [4.78, 5) is 12.0. The predicted octanol–water partition coefficient (Wildman–Crippen LogP) is 5.19. The summed E-state index contributed by atoms with van der Waals surface area (Å²) in [7, 11) is 0. The lowest BCUT2D eigenvalue weighted by Crippen LogP contribution is -2.67. The maximum Gasteiger partial charge on any atom is 0.308 e. The average molecular weight is 441 g/mol. The lowest BCUT2D eigenvalue weighted by molar-refractivity contribution is -0.331. The molecular weight excluding hydrogens is 404 g/mol. The average Bonchev–Trinajstić information content (AvgIpc) is 3.35. The molecule has 1 aromatic rings. The van der Waals surface area contributed by atoms with Gasteiger partial charge in [-0.05, 0) is 50.4 Å². The van der Waals surface area contributed by atoms with Crippen LogP contribution in [0.25, 0.3) is 0 Å². The normalized spacial score (nSPS) is 50.3. The summed E-state index contributed by atoms with van der Waals surface area (Å²) in [6, 6.07) is 10.3. The van der Waals surface area contributed by atoms with Crippen molar-refractivity contribution in [2.24, 2.45) is 22.7 Å². The number of ether oxygens (including phenoxy) is 4. The molecule has 0 aromatic heterocycles. The Morgan fingerprint density at radius 1 is 0.969 bits per heavy atom. The number of fused-ring (bicyclic) bond motifs is 4. The van der Waals surface area contributed by atoms with Gasteiger partial charge in [-0.25, -0.2) is 0 Å². The molecule has 0 N–H and O–H groups in total. The van der Waals surface area contributed by atoms with Crippen molar-refractivity contribution in [3.05, 3.63) is 35.9 Å². The highest BCUT2D eigenvalue weighted by Gasteiger charge is 2.70. The van der Waals surface area contributed by atoms with Gasteiger partial charge < -0.3 is 18.9 Å². The minimum atomic E-state index is -0.411. The second kappa shape index (κ2) is 7.04. The third-order valence-corrected chi connectivity index (χ3v) is 10.1. The standard InChI is InChI=1S/C27H36O5/c1-18-9-10-20-24(2)16-30-23(19-7-5-4-6-8-19)31-21(24)11-12-25(20,3)27(18)14-13-26(32-27)15-22(28)29-17-26/h4-8,18,20-21,23H,9-17H2,1-3H3/t18-,20+,21+,23-,24-,25-,26+,27-/m0/s1. The van der Waals surface area contributed by atoms with E-state index in [4.69, 9.17) is 18.9 Å². The fourth-order valence-electron chi connectivity index (χ4n) is 8.35. The van der Waals surface area contributed by atoms with Crippen LogP contribution in [0, 0.1) is 22.7 Å². The zero-order chi connectivity index (χ0) is 22.2. The van der Waals surface area contributed by atoms with Gasteiger partial charge in [0.15, 0.2) is 6.29 Å². The van der Waals surface area contributed by atoms with Gasteiger partial charge in [0.2, 0.25) is 0 Å². The fourth-order valence-corrected chi connectivity index (χ4v) is 8.35. The van der Waals surface area contributed by atoms with Gasteiger partial charge in [0.05, 0.1) is 24.7 Å². The van der Waals surface area contributed by atoms with E-state index in [-0.39, 0.29) is 34.8 Å². The van der Waals surface area contributed by atoms with E-state index in [1.54, 1.807) is 0 Å². The van der Waals surface area contributed by atoms with Crippen LogP contribution in [0.1, 0.15) is 77.6 Å². The zero-order valence-electron chi connectivity index (χ0n) is 19.6. The van der Waals surface area contributed by atoms with E-state index in [2.05, 4.69) is 32.9 Å². The summed E-state index contributed by atoms with van der Waals surface area (Å²) in [5.74, 6) is 0.834. The Bertz CT molecular complexity index is 903. The molecule has 6 rings (SSSR count). The molecule has 5 aliphatic rings. The first-order chi connectivity index (χ1) is 15.3. The molecule has 1 aromatic carbocycles. The summed E-state index contributed by atoms with van der Waals surface area (Å²) in [5.41, 5.74) is 0.493. The number of benzene rings is 1. The predicted molar refractivity (Wildman–Crippen MR) is 119 cm³/mol. The Balaban J connectivity index is 1.30. The Morgan fingerprint density at radius 3 is 2.53 bits per heavy atom. The van der Waals surface area contributed by atoms with Crippen molar-refractivity contribution in [3.63, 3.8) is 0 Å². The van der Waals surface area contributed by atoms with Crippen LogP contribution in [0.4, 0.5) is 0 Å². The molecular formula is C27H36O5. The SMILES string of the molecule is C[C@H]1CC[C@@H]2[C@]3(C)CO[C@H](c4ccccc4)O[C@@H]3CC[C@]2(C)[C@]12CC[C@@]1(COC(=O)C1)O2. The molecule has 2 spiro atoms. The first-order valence-electron chi connectivity index (χ1n) is 12.5. The number of carbonyl (C=O) groups is 1. The highest BCUT2D eigenvalue weighted by Crippen LogP contribution is 2.69. The monoisotopic (exact) mass is 440 g/mol. The van der Waals surface area contributed by atoms with E-state index in [0.717, 1.165) is 37.7 Å². The third kappa shape index (κ3) is 2.77. The summed E-state index contributed by atoms with van der Waals surface area (Å²) < 4.78 is 25.5. The maximum absolute atomic E-state index is 12.0. The molecule has 3 saturated heterocycles. The first kappa shape index (κ1) is 21.1. The van der Waals surface area contributed by atoms with Gasteiger partial charge in [-0.15, -0.1) is 0 Å². The van der Waals surface area contributed by atoms with Gasteiger partial charge in [-0.3, -0.25) is 4.79 Å². The second-order valence-corrected chi connectivity index (χ2v) is 11.7.